The number of hydrogen-bond acceptors (Lipinski definition) is 5. The van der Waals surface area contributed by atoms with Gasteiger partial charge in [-0.2, -0.15) is 0 Å². The molecule has 2 rings (SSSR count). The van der Waals surface area contributed by atoms with Crippen LogP contribution in [0.3, 0.4) is 0 Å². The highest BCUT2D eigenvalue weighted by Crippen LogP contribution is 2.32. The number of allylic oxidation sites excluding steroid dienone is 2. The minimum Gasteiger partial charge on any atom is -0.347 e. The standard InChI is InChI=1S/C15H24N2O4/c1-10-9-20-15(4,21-10)8-13(19)17-16-11-5-12(18)7-14(2,3)6-11/h5,10,16H,6-9H2,1-4H3,(H,17,19)/t10-,15+/m1/s1. The highest BCUT2D eigenvalue weighted by molar-refractivity contribution is 5.91. The predicted octanol–water partition coefficient (Wildman–Crippen LogP) is 1.42. The van der Waals surface area contributed by atoms with Gasteiger partial charge in [0.25, 0.3) is 0 Å². The third-order valence-corrected chi connectivity index (χ3v) is 3.58. The summed E-state index contributed by atoms with van der Waals surface area (Å²) in [5.74, 6) is -1.03. The molecule has 6 heteroatoms. The number of carbonyl (C=O) groups is 2. The molecule has 21 heavy (non-hydrogen) atoms. The van der Waals surface area contributed by atoms with Gasteiger partial charge in [-0.05, 0) is 25.7 Å². The van der Waals surface area contributed by atoms with Crippen molar-refractivity contribution in [2.24, 2.45) is 5.41 Å². The number of rotatable bonds is 4. The van der Waals surface area contributed by atoms with Crippen molar-refractivity contribution >= 4 is 11.7 Å². The van der Waals surface area contributed by atoms with E-state index in [1.165, 1.54) is 0 Å². The topological polar surface area (TPSA) is 76.7 Å². The summed E-state index contributed by atoms with van der Waals surface area (Å²) >= 11 is 0. The van der Waals surface area contributed by atoms with Crippen LogP contribution in [-0.2, 0) is 19.1 Å². The third-order valence-electron chi connectivity index (χ3n) is 3.58. The molecule has 1 aliphatic heterocycles. The minimum absolute atomic E-state index is 0.00441. The van der Waals surface area contributed by atoms with E-state index in [1.807, 2.05) is 20.8 Å². The normalized spacial score (nSPS) is 31.7. The van der Waals surface area contributed by atoms with E-state index < -0.39 is 5.79 Å². The van der Waals surface area contributed by atoms with Crippen molar-refractivity contribution in [3.63, 3.8) is 0 Å². The number of ether oxygens (including phenoxy) is 2. The number of nitrogens with one attached hydrogen (secondary N) is 2. The Morgan fingerprint density at radius 1 is 1.38 bits per heavy atom. The Balaban J connectivity index is 1.83. The van der Waals surface area contributed by atoms with Crippen molar-refractivity contribution in [1.29, 1.82) is 0 Å². The monoisotopic (exact) mass is 296 g/mol. The van der Waals surface area contributed by atoms with E-state index in [1.54, 1.807) is 13.0 Å². The first-order chi connectivity index (χ1) is 9.67. The van der Waals surface area contributed by atoms with Gasteiger partial charge in [0.1, 0.15) is 0 Å². The number of hydrogen-bond donors (Lipinski definition) is 2. The van der Waals surface area contributed by atoms with Crippen molar-refractivity contribution < 1.29 is 19.1 Å². The maximum absolute atomic E-state index is 12.0. The van der Waals surface area contributed by atoms with Crippen LogP contribution in [0.5, 0.6) is 0 Å². The van der Waals surface area contributed by atoms with E-state index in [2.05, 4.69) is 10.9 Å². The van der Waals surface area contributed by atoms with Gasteiger partial charge in [0.2, 0.25) is 5.91 Å². The fourth-order valence-electron chi connectivity index (χ4n) is 2.79. The number of hydrazine groups is 1. The van der Waals surface area contributed by atoms with Gasteiger partial charge in [-0.3, -0.25) is 15.0 Å². The van der Waals surface area contributed by atoms with Crippen LogP contribution in [0.25, 0.3) is 0 Å². The van der Waals surface area contributed by atoms with Gasteiger partial charge >= 0.3 is 0 Å². The Morgan fingerprint density at radius 2 is 2.10 bits per heavy atom. The highest BCUT2D eigenvalue weighted by atomic mass is 16.7. The van der Waals surface area contributed by atoms with Gasteiger partial charge in [-0.15, -0.1) is 0 Å². The zero-order valence-corrected chi connectivity index (χ0v) is 13.1. The fraction of sp³-hybridized carbons (Fsp3) is 0.733. The van der Waals surface area contributed by atoms with Crippen LogP contribution in [0.2, 0.25) is 0 Å². The maximum Gasteiger partial charge on any atom is 0.243 e. The van der Waals surface area contributed by atoms with E-state index in [0.717, 1.165) is 12.1 Å². The van der Waals surface area contributed by atoms with Crippen molar-refractivity contribution in [1.82, 2.24) is 10.9 Å². The Bertz CT molecular complexity index is 472. The van der Waals surface area contributed by atoms with Crippen molar-refractivity contribution in [2.75, 3.05) is 6.61 Å². The van der Waals surface area contributed by atoms with Crippen LogP contribution in [-0.4, -0.2) is 30.2 Å². The molecule has 2 atom stereocenters. The molecule has 2 N–H and O–H groups in total. The van der Waals surface area contributed by atoms with Gasteiger partial charge < -0.3 is 14.9 Å². The van der Waals surface area contributed by atoms with Crippen LogP contribution in [0.15, 0.2) is 11.8 Å². The van der Waals surface area contributed by atoms with Gasteiger partial charge in [-0.1, -0.05) is 13.8 Å². The molecule has 0 bridgehead atoms. The Labute approximate surface area is 125 Å². The van der Waals surface area contributed by atoms with Crippen molar-refractivity contribution in [3.8, 4) is 0 Å². The second-order valence-electron chi connectivity index (χ2n) is 6.88. The van der Waals surface area contributed by atoms with E-state index in [0.29, 0.717) is 13.0 Å². The summed E-state index contributed by atoms with van der Waals surface area (Å²) in [6.07, 6.45) is 2.91. The van der Waals surface area contributed by atoms with Crippen LogP contribution < -0.4 is 10.9 Å². The lowest BCUT2D eigenvalue weighted by atomic mass is 9.79. The number of carbonyl (C=O) groups excluding carboxylic acids is 2. The summed E-state index contributed by atoms with van der Waals surface area (Å²) in [7, 11) is 0. The zero-order valence-electron chi connectivity index (χ0n) is 13.1. The minimum atomic E-state index is -0.874. The molecule has 118 valence electrons. The van der Waals surface area contributed by atoms with E-state index in [4.69, 9.17) is 9.47 Å². The summed E-state index contributed by atoms with van der Waals surface area (Å²) < 4.78 is 11.1. The molecule has 1 aliphatic carbocycles. The van der Waals surface area contributed by atoms with E-state index >= 15 is 0 Å². The molecular formula is C15H24N2O4. The molecule has 1 heterocycles. The van der Waals surface area contributed by atoms with Gasteiger partial charge in [0, 0.05) is 18.2 Å². The van der Waals surface area contributed by atoms with Crippen LogP contribution in [0, 0.1) is 5.41 Å². The lowest BCUT2D eigenvalue weighted by Crippen LogP contribution is -2.43. The number of ketones is 1. The molecule has 6 nitrogen and oxygen atoms in total. The predicted molar refractivity (Wildman–Crippen MR) is 76.9 cm³/mol. The molecule has 0 saturated carbocycles. The first-order valence-corrected chi connectivity index (χ1v) is 7.28. The smallest absolute Gasteiger partial charge is 0.243 e. The summed E-state index contributed by atoms with van der Waals surface area (Å²) in [6, 6.07) is 0. The van der Waals surface area contributed by atoms with Crippen LogP contribution in [0.4, 0.5) is 0 Å². The lowest BCUT2D eigenvalue weighted by molar-refractivity contribution is -0.166. The summed E-state index contributed by atoms with van der Waals surface area (Å²) in [5.41, 5.74) is 6.10. The maximum atomic E-state index is 12.0. The highest BCUT2D eigenvalue weighted by Gasteiger charge is 2.37. The Kier molecular flexibility index (Phi) is 4.39. The zero-order chi connectivity index (χ0) is 15.7. The second kappa shape index (κ2) is 5.77. The molecular weight excluding hydrogens is 272 g/mol. The van der Waals surface area contributed by atoms with Gasteiger partial charge in [0.05, 0.1) is 19.1 Å². The van der Waals surface area contributed by atoms with E-state index in [9.17, 15) is 9.59 Å². The second-order valence-corrected chi connectivity index (χ2v) is 6.88. The largest absolute Gasteiger partial charge is 0.347 e. The van der Waals surface area contributed by atoms with Crippen molar-refractivity contribution in [2.45, 2.75) is 58.8 Å². The van der Waals surface area contributed by atoms with E-state index in [-0.39, 0.29) is 29.6 Å². The summed E-state index contributed by atoms with van der Waals surface area (Å²) in [5, 5.41) is 0. The van der Waals surface area contributed by atoms with Crippen molar-refractivity contribution in [3.05, 3.63) is 11.8 Å². The molecule has 0 aromatic heterocycles. The third kappa shape index (κ3) is 4.54. The molecule has 0 aromatic carbocycles. The molecule has 0 unspecified atom stereocenters. The number of amides is 1. The SMILES string of the molecule is C[C@@H]1CO[C@](C)(CC(=O)NNC2=CC(=O)CC(C)(C)C2)O1. The fourth-order valence-corrected chi connectivity index (χ4v) is 2.79. The van der Waals surface area contributed by atoms with Gasteiger partial charge in [0.15, 0.2) is 11.6 Å². The first-order valence-electron chi connectivity index (χ1n) is 7.28. The average Bonchev–Trinajstić information content (AvgIpc) is 2.63. The van der Waals surface area contributed by atoms with Crippen LogP contribution in [0.1, 0.15) is 47.0 Å². The average molecular weight is 296 g/mol. The molecule has 1 amide bonds. The molecule has 0 aromatic rings. The Hall–Kier alpha value is -1.40. The lowest BCUT2D eigenvalue weighted by Gasteiger charge is -2.29. The summed E-state index contributed by atoms with van der Waals surface area (Å²) in [6.45, 7) is 8.21. The first kappa shape index (κ1) is 16.0. The quantitative estimate of drug-likeness (QED) is 0.767. The molecule has 0 radical (unpaired) electrons. The Morgan fingerprint density at radius 3 is 2.67 bits per heavy atom. The van der Waals surface area contributed by atoms with Gasteiger partial charge in [-0.25, -0.2) is 0 Å². The van der Waals surface area contributed by atoms with Crippen LogP contribution >= 0.6 is 0 Å². The molecule has 1 saturated heterocycles. The molecule has 0 spiro atoms. The molecule has 2 aliphatic rings. The molecule has 1 fully saturated rings. The summed E-state index contributed by atoms with van der Waals surface area (Å²) in [4.78, 5) is 23.6.